The number of benzene rings is 1. The average Bonchev–Trinajstić information content (AvgIpc) is 2.69. The van der Waals surface area contributed by atoms with Gasteiger partial charge in [-0.2, -0.15) is 5.26 Å². The van der Waals surface area contributed by atoms with E-state index in [2.05, 4.69) is 20.3 Å². The van der Waals surface area contributed by atoms with Gasteiger partial charge < -0.3 is 11.1 Å². The highest BCUT2D eigenvalue weighted by Crippen LogP contribution is 2.45. The van der Waals surface area contributed by atoms with Crippen molar-refractivity contribution in [2.75, 3.05) is 11.1 Å². The number of carbonyl (C=O) groups is 1. The Hall–Kier alpha value is -3.79. The Morgan fingerprint density at radius 2 is 1.71 bits per heavy atom. The Labute approximate surface area is 162 Å². The van der Waals surface area contributed by atoms with Crippen molar-refractivity contribution >= 4 is 17.7 Å². The van der Waals surface area contributed by atoms with Crippen LogP contribution in [0.5, 0.6) is 0 Å². The zero-order chi connectivity index (χ0) is 19.6. The number of nitrogen functional groups attached to an aromatic ring is 1. The van der Waals surface area contributed by atoms with Crippen LogP contribution in [0, 0.1) is 11.3 Å². The molecule has 2 heterocycles. The molecule has 1 saturated carbocycles. The first-order valence-electron chi connectivity index (χ1n) is 8.97. The first-order valence-corrected chi connectivity index (χ1v) is 8.97. The molecule has 7 nitrogen and oxygen atoms in total. The van der Waals surface area contributed by atoms with Gasteiger partial charge in [0.05, 0.1) is 11.0 Å². The highest BCUT2D eigenvalue weighted by molar-refractivity contribution is 5.99. The molecule has 0 spiro atoms. The van der Waals surface area contributed by atoms with E-state index in [4.69, 9.17) is 11.0 Å². The minimum Gasteiger partial charge on any atom is -0.368 e. The van der Waals surface area contributed by atoms with Crippen molar-refractivity contribution in [3.8, 4) is 17.2 Å². The number of nitrogens with two attached hydrogens (primary N) is 1. The van der Waals surface area contributed by atoms with Gasteiger partial charge in [0.15, 0.2) is 0 Å². The van der Waals surface area contributed by atoms with Gasteiger partial charge in [0.1, 0.15) is 11.9 Å². The molecule has 0 bridgehead atoms. The maximum atomic E-state index is 13.0. The SMILES string of the molecule is N#Cc1ccc(NC(=O)C2(c3ccc(-c4cnc(N)nc4)cc3)CCC2)nc1. The minimum absolute atomic E-state index is 0.0699. The lowest BCUT2D eigenvalue weighted by Crippen LogP contribution is -2.46. The summed E-state index contributed by atoms with van der Waals surface area (Å²) < 4.78 is 0. The van der Waals surface area contributed by atoms with E-state index >= 15 is 0 Å². The third-order valence-electron chi connectivity index (χ3n) is 5.22. The fourth-order valence-electron chi connectivity index (χ4n) is 3.42. The van der Waals surface area contributed by atoms with Crippen LogP contribution < -0.4 is 11.1 Å². The van der Waals surface area contributed by atoms with Gasteiger partial charge in [-0.3, -0.25) is 4.79 Å². The summed E-state index contributed by atoms with van der Waals surface area (Å²) in [5.74, 6) is 0.618. The van der Waals surface area contributed by atoms with E-state index in [9.17, 15) is 4.79 Å². The van der Waals surface area contributed by atoms with E-state index in [-0.39, 0.29) is 11.9 Å². The van der Waals surface area contributed by atoms with Crippen molar-refractivity contribution in [1.29, 1.82) is 5.26 Å². The normalized spacial score (nSPS) is 14.5. The monoisotopic (exact) mass is 370 g/mol. The van der Waals surface area contributed by atoms with Crippen LogP contribution in [0.2, 0.25) is 0 Å². The first kappa shape index (κ1) is 17.6. The third kappa shape index (κ3) is 3.16. The zero-order valence-electron chi connectivity index (χ0n) is 15.1. The molecule has 1 amide bonds. The van der Waals surface area contributed by atoms with E-state index < -0.39 is 5.41 Å². The van der Waals surface area contributed by atoms with Crippen LogP contribution in [0.15, 0.2) is 55.0 Å². The van der Waals surface area contributed by atoms with Crippen LogP contribution in [0.1, 0.15) is 30.4 Å². The van der Waals surface area contributed by atoms with E-state index in [0.29, 0.717) is 11.4 Å². The summed E-state index contributed by atoms with van der Waals surface area (Å²) in [5, 5.41) is 11.8. The van der Waals surface area contributed by atoms with Crippen LogP contribution in [0.25, 0.3) is 11.1 Å². The van der Waals surface area contributed by atoms with Crippen molar-refractivity contribution in [1.82, 2.24) is 15.0 Å². The van der Waals surface area contributed by atoms with Crippen molar-refractivity contribution < 1.29 is 4.79 Å². The predicted octanol–water partition coefficient (Wildman–Crippen LogP) is 3.05. The molecule has 1 fully saturated rings. The van der Waals surface area contributed by atoms with E-state index in [0.717, 1.165) is 36.0 Å². The van der Waals surface area contributed by atoms with Gasteiger partial charge in [-0.1, -0.05) is 30.7 Å². The van der Waals surface area contributed by atoms with Crippen LogP contribution in [-0.4, -0.2) is 20.9 Å². The van der Waals surface area contributed by atoms with E-state index in [1.54, 1.807) is 24.5 Å². The summed E-state index contributed by atoms with van der Waals surface area (Å²) in [6.07, 6.45) is 7.40. The molecule has 1 aliphatic rings. The highest BCUT2D eigenvalue weighted by atomic mass is 16.2. The number of hydrogen-bond acceptors (Lipinski definition) is 6. The number of nitrogens with zero attached hydrogens (tertiary/aromatic N) is 4. The Morgan fingerprint density at radius 1 is 1.00 bits per heavy atom. The molecule has 3 N–H and O–H groups in total. The number of carbonyl (C=O) groups excluding carboxylic acids is 1. The van der Waals surface area contributed by atoms with Gasteiger partial charge in [0.2, 0.25) is 11.9 Å². The molecule has 2 aromatic heterocycles. The van der Waals surface area contributed by atoms with Gasteiger partial charge in [-0.05, 0) is 36.1 Å². The molecule has 0 radical (unpaired) electrons. The van der Waals surface area contributed by atoms with Gasteiger partial charge in [0, 0.05) is 24.2 Å². The maximum Gasteiger partial charge on any atom is 0.236 e. The summed E-state index contributed by atoms with van der Waals surface area (Å²) in [5.41, 5.74) is 8.26. The Bertz CT molecular complexity index is 1030. The maximum absolute atomic E-state index is 13.0. The summed E-state index contributed by atoms with van der Waals surface area (Å²) in [6, 6.07) is 13.2. The third-order valence-corrected chi connectivity index (χ3v) is 5.22. The number of amides is 1. The number of pyridine rings is 1. The summed E-state index contributed by atoms with van der Waals surface area (Å²) in [4.78, 5) is 25.2. The minimum atomic E-state index is -0.550. The lowest BCUT2D eigenvalue weighted by Gasteiger charge is -2.40. The Morgan fingerprint density at radius 3 is 2.25 bits per heavy atom. The van der Waals surface area contributed by atoms with Crippen molar-refractivity contribution in [3.63, 3.8) is 0 Å². The standard InChI is InChI=1S/C21H18N6O/c22-10-14-2-7-18(24-11-14)27-19(28)21(8-1-9-21)17-5-3-15(4-6-17)16-12-25-20(23)26-13-16/h2-7,11-13H,1,8-9H2,(H2,23,25,26)(H,24,27,28). The van der Waals surface area contributed by atoms with Gasteiger partial charge in [-0.15, -0.1) is 0 Å². The largest absolute Gasteiger partial charge is 0.368 e. The molecule has 0 saturated heterocycles. The van der Waals surface area contributed by atoms with E-state index in [1.165, 1.54) is 6.20 Å². The van der Waals surface area contributed by atoms with Crippen LogP contribution >= 0.6 is 0 Å². The van der Waals surface area contributed by atoms with Gasteiger partial charge >= 0.3 is 0 Å². The van der Waals surface area contributed by atoms with Crippen LogP contribution in [0.3, 0.4) is 0 Å². The average molecular weight is 370 g/mol. The second-order valence-corrected chi connectivity index (χ2v) is 6.84. The quantitative estimate of drug-likeness (QED) is 0.729. The summed E-state index contributed by atoms with van der Waals surface area (Å²) >= 11 is 0. The zero-order valence-corrected chi connectivity index (χ0v) is 15.1. The molecule has 0 unspecified atom stereocenters. The fraction of sp³-hybridized carbons (Fsp3) is 0.190. The summed E-state index contributed by atoms with van der Waals surface area (Å²) in [7, 11) is 0. The molecule has 138 valence electrons. The fourth-order valence-corrected chi connectivity index (χ4v) is 3.42. The van der Waals surface area contributed by atoms with E-state index in [1.807, 2.05) is 30.3 Å². The number of hydrogen-bond donors (Lipinski definition) is 2. The molecule has 0 atom stereocenters. The molecule has 1 aliphatic carbocycles. The number of nitrogens with one attached hydrogen (secondary N) is 1. The van der Waals surface area contributed by atoms with Crippen molar-refractivity contribution in [2.24, 2.45) is 0 Å². The molecule has 0 aliphatic heterocycles. The number of anilines is 2. The molecule has 3 aromatic rings. The molecule has 7 heteroatoms. The molecule has 28 heavy (non-hydrogen) atoms. The predicted molar refractivity (Wildman–Crippen MR) is 105 cm³/mol. The second kappa shape index (κ2) is 7.08. The lowest BCUT2D eigenvalue weighted by atomic mass is 9.63. The van der Waals surface area contributed by atoms with Crippen molar-refractivity contribution in [3.05, 3.63) is 66.1 Å². The second-order valence-electron chi connectivity index (χ2n) is 6.84. The first-order chi connectivity index (χ1) is 13.6. The number of aromatic nitrogens is 3. The summed E-state index contributed by atoms with van der Waals surface area (Å²) in [6.45, 7) is 0. The van der Waals surface area contributed by atoms with Gasteiger partial charge in [-0.25, -0.2) is 15.0 Å². The van der Waals surface area contributed by atoms with Crippen molar-refractivity contribution in [2.45, 2.75) is 24.7 Å². The molecule has 1 aromatic carbocycles. The highest BCUT2D eigenvalue weighted by Gasteiger charge is 2.45. The Balaban J connectivity index is 1.55. The topological polar surface area (TPSA) is 118 Å². The molecule has 4 rings (SSSR count). The van der Waals surface area contributed by atoms with Crippen LogP contribution in [-0.2, 0) is 10.2 Å². The molecular formula is C21H18N6O. The smallest absolute Gasteiger partial charge is 0.236 e. The van der Waals surface area contributed by atoms with Gasteiger partial charge in [0.25, 0.3) is 0 Å². The Kier molecular flexibility index (Phi) is 4.45. The molecular weight excluding hydrogens is 352 g/mol. The van der Waals surface area contributed by atoms with Crippen LogP contribution in [0.4, 0.5) is 11.8 Å². The lowest BCUT2D eigenvalue weighted by molar-refractivity contribution is -0.124. The number of rotatable bonds is 4. The number of nitriles is 1.